The number of halogens is 2. The van der Waals surface area contributed by atoms with E-state index in [9.17, 15) is 9.60 Å². The Hall–Kier alpha value is -0.613. The number of nitrogens with zero attached hydrogens (tertiary/aromatic N) is 1. The maximum atomic E-state index is 13.1. The molecule has 0 unspecified atom stereocenters. The monoisotopic (exact) mass is 205 g/mol. The molecule has 1 aromatic heterocycles. The highest BCUT2D eigenvalue weighted by atomic mass is 35.6. The molecule has 0 N–H and O–H groups in total. The van der Waals surface area contributed by atoms with Gasteiger partial charge in [0.2, 0.25) is 6.20 Å². The van der Waals surface area contributed by atoms with Crippen LogP contribution in [-0.2, 0) is 0 Å². The molecule has 5 heteroatoms. The second-order valence-electron chi connectivity index (χ2n) is 3.04. The molecule has 0 spiro atoms. The fourth-order valence-corrected chi connectivity index (χ4v) is 2.50. The average molecular weight is 206 g/mol. The van der Waals surface area contributed by atoms with Crippen LogP contribution in [0.5, 0.6) is 0 Å². The van der Waals surface area contributed by atoms with E-state index in [1.54, 1.807) is 0 Å². The summed E-state index contributed by atoms with van der Waals surface area (Å²) >= 11 is 6.00. The average Bonchev–Trinajstić information content (AvgIpc) is 1.83. The normalized spacial score (nSPS) is 11.7. The van der Waals surface area contributed by atoms with Crippen molar-refractivity contribution in [1.82, 2.24) is 0 Å². The van der Waals surface area contributed by atoms with Gasteiger partial charge in [-0.15, -0.1) is 0 Å². The summed E-state index contributed by atoms with van der Waals surface area (Å²) in [5.41, 5.74) is 0. The lowest BCUT2D eigenvalue weighted by atomic mass is 10.5. The first-order valence-corrected chi connectivity index (χ1v) is 7.50. The van der Waals surface area contributed by atoms with Gasteiger partial charge in [0.05, 0.1) is 0 Å². The predicted octanol–water partition coefficient (Wildman–Crippen LogP) is 1.11. The minimum atomic E-state index is -2.16. The van der Waals surface area contributed by atoms with Gasteiger partial charge in [-0.05, 0) is 0 Å². The SMILES string of the molecule is C[Si](C)(Cl)c1cc[n+]([O-])cc1F. The molecule has 0 saturated carbocycles. The maximum Gasteiger partial charge on any atom is 0.216 e. The van der Waals surface area contributed by atoms with Gasteiger partial charge in [-0.2, -0.15) is 15.8 Å². The smallest absolute Gasteiger partial charge is 0.216 e. The van der Waals surface area contributed by atoms with E-state index in [0.29, 0.717) is 9.92 Å². The quantitative estimate of drug-likeness (QED) is 0.292. The van der Waals surface area contributed by atoms with Gasteiger partial charge in [0, 0.05) is 11.3 Å². The lowest BCUT2D eigenvalue weighted by Crippen LogP contribution is -2.41. The second kappa shape index (κ2) is 3.03. The zero-order chi connectivity index (χ0) is 9.35. The second-order valence-corrected chi connectivity index (χ2v) is 9.36. The maximum absolute atomic E-state index is 13.1. The molecule has 0 aliphatic heterocycles. The molecule has 66 valence electrons. The molecular formula is C7H9ClFNOSi. The molecule has 1 rings (SSSR count). The van der Waals surface area contributed by atoms with Gasteiger partial charge in [0.15, 0.2) is 19.4 Å². The summed E-state index contributed by atoms with van der Waals surface area (Å²) in [4.78, 5) is 0. The highest BCUT2D eigenvalue weighted by Gasteiger charge is 2.25. The number of hydrogen-bond donors (Lipinski definition) is 0. The van der Waals surface area contributed by atoms with Crippen LogP contribution >= 0.6 is 11.1 Å². The van der Waals surface area contributed by atoms with Crippen LogP contribution in [0.2, 0.25) is 13.1 Å². The molecule has 0 aromatic carbocycles. The van der Waals surface area contributed by atoms with Gasteiger partial charge in [0.25, 0.3) is 0 Å². The number of hydrogen-bond acceptors (Lipinski definition) is 1. The highest BCUT2D eigenvalue weighted by Crippen LogP contribution is 2.08. The minimum absolute atomic E-state index is 0.426. The third-order valence-corrected chi connectivity index (χ3v) is 3.82. The van der Waals surface area contributed by atoms with Gasteiger partial charge in [-0.25, -0.2) is 4.39 Å². The Labute approximate surface area is 75.9 Å². The molecule has 12 heavy (non-hydrogen) atoms. The summed E-state index contributed by atoms with van der Waals surface area (Å²) in [7, 11) is -2.16. The van der Waals surface area contributed by atoms with E-state index in [1.165, 1.54) is 12.3 Å². The van der Waals surface area contributed by atoms with E-state index in [1.807, 2.05) is 13.1 Å². The van der Waals surface area contributed by atoms with Crippen LogP contribution in [0.15, 0.2) is 18.5 Å². The van der Waals surface area contributed by atoms with Gasteiger partial charge in [-0.1, -0.05) is 13.1 Å². The summed E-state index contributed by atoms with van der Waals surface area (Å²) in [6.07, 6.45) is 2.15. The largest absolute Gasteiger partial charge is 0.619 e. The Morgan fingerprint density at radius 2 is 2.17 bits per heavy atom. The van der Waals surface area contributed by atoms with Crippen LogP contribution in [-0.4, -0.2) is 7.38 Å². The van der Waals surface area contributed by atoms with Crippen molar-refractivity contribution in [2.24, 2.45) is 0 Å². The molecule has 0 bridgehead atoms. The molecule has 0 amide bonds. The fourth-order valence-electron chi connectivity index (χ4n) is 0.934. The molecule has 0 aliphatic carbocycles. The highest BCUT2D eigenvalue weighted by molar-refractivity contribution is 7.26. The lowest BCUT2D eigenvalue weighted by Gasteiger charge is -2.12. The van der Waals surface area contributed by atoms with E-state index in [-0.39, 0.29) is 0 Å². The van der Waals surface area contributed by atoms with Crippen molar-refractivity contribution in [2.75, 3.05) is 0 Å². The zero-order valence-corrected chi connectivity index (χ0v) is 8.60. The van der Waals surface area contributed by atoms with Crippen molar-refractivity contribution in [2.45, 2.75) is 13.1 Å². The van der Waals surface area contributed by atoms with Crippen LogP contribution in [0.3, 0.4) is 0 Å². The van der Waals surface area contributed by atoms with Crippen LogP contribution in [0, 0.1) is 11.0 Å². The lowest BCUT2D eigenvalue weighted by molar-refractivity contribution is -0.606. The van der Waals surface area contributed by atoms with Crippen molar-refractivity contribution in [3.63, 3.8) is 0 Å². The molecule has 1 heterocycles. The zero-order valence-electron chi connectivity index (χ0n) is 6.84. The molecular weight excluding hydrogens is 197 g/mol. The van der Waals surface area contributed by atoms with Crippen molar-refractivity contribution < 1.29 is 9.12 Å². The van der Waals surface area contributed by atoms with E-state index in [4.69, 9.17) is 11.1 Å². The van der Waals surface area contributed by atoms with Crippen LogP contribution in [0.1, 0.15) is 0 Å². The van der Waals surface area contributed by atoms with Crippen molar-refractivity contribution >= 4 is 23.6 Å². The first-order valence-electron chi connectivity index (χ1n) is 3.49. The summed E-state index contributed by atoms with van der Waals surface area (Å²) in [6, 6.07) is 1.45. The Balaban J connectivity index is 3.19. The molecule has 0 radical (unpaired) electrons. The molecule has 0 aliphatic rings. The third-order valence-electron chi connectivity index (χ3n) is 1.53. The standard InChI is InChI=1S/C7H9ClFNOSi/c1-12(2,8)7-3-4-10(11)5-6(7)9/h3-5H,1-2H3. The van der Waals surface area contributed by atoms with Crippen LogP contribution < -0.4 is 9.92 Å². The number of rotatable bonds is 1. The van der Waals surface area contributed by atoms with Gasteiger partial charge in [-0.3, -0.25) is 0 Å². The third kappa shape index (κ3) is 1.95. The Morgan fingerprint density at radius 1 is 1.58 bits per heavy atom. The molecule has 2 nitrogen and oxygen atoms in total. The van der Waals surface area contributed by atoms with Crippen molar-refractivity contribution in [3.8, 4) is 0 Å². The van der Waals surface area contributed by atoms with E-state index < -0.39 is 13.2 Å². The summed E-state index contributed by atoms with van der Waals surface area (Å²) in [5.74, 6) is -0.515. The molecule has 1 aromatic rings. The Morgan fingerprint density at radius 3 is 2.58 bits per heavy atom. The Kier molecular flexibility index (Phi) is 2.39. The summed E-state index contributed by atoms with van der Waals surface area (Å²) < 4.78 is 13.5. The fraction of sp³-hybridized carbons (Fsp3) is 0.286. The predicted molar refractivity (Wildman–Crippen MR) is 48.3 cm³/mol. The van der Waals surface area contributed by atoms with E-state index >= 15 is 0 Å². The minimum Gasteiger partial charge on any atom is -0.619 e. The van der Waals surface area contributed by atoms with Gasteiger partial charge < -0.3 is 5.21 Å². The summed E-state index contributed by atoms with van der Waals surface area (Å²) in [5, 5.41) is 11.1. The van der Waals surface area contributed by atoms with Crippen molar-refractivity contribution in [1.29, 1.82) is 0 Å². The first-order chi connectivity index (χ1) is 5.41. The van der Waals surface area contributed by atoms with Crippen LogP contribution in [0.4, 0.5) is 4.39 Å². The first kappa shape index (κ1) is 9.47. The van der Waals surface area contributed by atoms with E-state index in [2.05, 4.69) is 0 Å². The van der Waals surface area contributed by atoms with Gasteiger partial charge >= 0.3 is 0 Å². The van der Waals surface area contributed by atoms with Crippen molar-refractivity contribution in [3.05, 3.63) is 29.5 Å². The van der Waals surface area contributed by atoms with Gasteiger partial charge in [0.1, 0.15) is 0 Å². The Bertz CT molecular complexity index is 300. The van der Waals surface area contributed by atoms with Crippen LogP contribution in [0.25, 0.3) is 0 Å². The number of pyridine rings is 1. The topological polar surface area (TPSA) is 26.9 Å². The molecule has 0 atom stereocenters. The molecule has 0 fully saturated rings. The number of aromatic nitrogens is 1. The van der Waals surface area contributed by atoms with E-state index in [0.717, 1.165) is 6.20 Å². The summed E-state index contributed by atoms with van der Waals surface area (Å²) in [6.45, 7) is 3.62. The molecule has 0 saturated heterocycles.